The Labute approximate surface area is 122 Å². The summed E-state index contributed by atoms with van der Waals surface area (Å²) in [6, 6.07) is 11.0. The second-order valence-corrected chi connectivity index (χ2v) is 5.31. The molecular weight excluding hydrogens is 248 g/mol. The Morgan fingerprint density at radius 3 is 2.95 bits per heavy atom. The van der Waals surface area contributed by atoms with E-state index in [1.54, 1.807) is 0 Å². The van der Waals surface area contributed by atoms with Crippen molar-refractivity contribution in [3.8, 4) is 0 Å². The first-order valence-corrected chi connectivity index (χ1v) is 7.61. The molecule has 1 atom stereocenters. The van der Waals surface area contributed by atoms with Crippen LogP contribution in [-0.2, 0) is 6.42 Å². The van der Waals surface area contributed by atoms with Crippen molar-refractivity contribution in [3.05, 3.63) is 35.9 Å². The first-order chi connectivity index (χ1) is 9.79. The number of likely N-dealkylation sites (N-methyl/N-ethyl adjacent to an activating group) is 1. The number of nitrogens with one attached hydrogen (secondary N) is 1. The molecule has 1 fully saturated rings. The lowest BCUT2D eigenvalue weighted by Gasteiger charge is -2.20. The number of benzene rings is 1. The van der Waals surface area contributed by atoms with Gasteiger partial charge in [-0.15, -0.1) is 0 Å². The molecule has 1 aromatic carbocycles. The molecule has 1 aromatic rings. The maximum absolute atomic E-state index is 5.92. The summed E-state index contributed by atoms with van der Waals surface area (Å²) in [6.07, 6.45) is 3.51. The van der Waals surface area contributed by atoms with E-state index >= 15 is 0 Å². The van der Waals surface area contributed by atoms with Gasteiger partial charge in [-0.3, -0.25) is 9.89 Å². The zero-order chi connectivity index (χ0) is 14.2. The van der Waals surface area contributed by atoms with Crippen molar-refractivity contribution >= 4 is 5.96 Å². The lowest BCUT2D eigenvalue weighted by Crippen LogP contribution is -2.36. The van der Waals surface area contributed by atoms with Gasteiger partial charge in [0.15, 0.2) is 5.96 Å². The third-order valence-electron chi connectivity index (χ3n) is 3.94. The van der Waals surface area contributed by atoms with E-state index in [0.29, 0.717) is 12.0 Å². The quantitative estimate of drug-likeness (QED) is 0.612. The minimum absolute atomic E-state index is 0.573. The van der Waals surface area contributed by atoms with Gasteiger partial charge in [0.2, 0.25) is 0 Å². The summed E-state index contributed by atoms with van der Waals surface area (Å²) in [4.78, 5) is 6.96. The largest absolute Gasteiger partial charge is 0.370 e. The Bertz CT molecular complexity index is 416. The van der Waals surface area contributed by atoms with Crippen LogP contribution < -0.4 is 11.1 Å². The zero-order valence-electron chi connectivity index (χ0n) is 12.4. The standard InChI is InChI=1S/C16H26N4/c1-2-20-12-6-9-15(20)13-19-16(17)18-11-10-14-7-4-3-5-8-14/h3-5,7-8,15H,2,6,9-13H2,1H3,(H3,17,18,19). The number of guanidine groups is 1. The highest BCUT2D eigenvalue weighted by molar-refractivity contribution is 5.77. The SMILES string of the molecule is CCN1CCCC1CN=C(N)NCCc1ccccc1. The fourth-order valence-electron chi connectivity index (χ4n) is 2.76. The molecule has 0 amide bonds. The molecule has 3 N–H and O–H groups in total. The lowest BCUT2D eigenvalue weighted by atomic mass is 10.1. The molecule has 20 heavy (non-hydrogen) atoms. The molecule has 1 aliphatic rings. The van der Waals surface area contributed by atoms with Crippen molar-refractivity contribution in [2.75, 3.05) is 26.2 Å². The minimum Gasteiger partial charge on any atom is -0.370 e. The van der Waals surface area contributed by atoms with Gasteiger partial charge in [-0.05, 0) is 37.9 Å². The molecule has 4 nitrogen and oxygen atoms in total. The van der Waals surface area contributed by atoms with Crippen LogP contribution in [0.1, 0.15) is 25.3 Å². The van der Waals surface area contributed by atoms with Crippen LogP contribution in [0.15, 0.2) is 35.3 Å². The first kappa shape index (κ1) is 14.9. The van der Waals surface area contributed by atoms with Crippen LogP contribution in [-0.4, -0.2) is 43.1 Å². The van der Waals surface area contributed by atoms with Gasteiger partial charge in [0.05, 0.1) is 6.54 Å². The molecule has 1 saturated heterocycles. The summed E-state index contributed by atoms with van der Waals surface area (Å²) >= 11 is 0. The molecule has 0 saturated carbocycles. The van der Waals surface area contributed by atoms with Gasteiger partial charge in [-0.2, -0.15) is 0 Å². The molecule has 0 spiro atoms. The van der Waals surface area contributed by atoms with Crippen LogP contribution in [0.25, 0.3) is 0 Å². The van der Waals surface area contributed by atoms with Crippen molar-refractivity contribution in [3.63, 3.8) is 0 Å². The molecule has 4 heteroatoms. The maximum atomic E-state index is 5.92. The number of hydrogen-bond acceptors (Lipinski definition) is 2. The highest BCUT2D eigenvalue weighted by Crippen LogP contribution is 2.16. The van der Waals surface area contributed by atoms with E-state index < -0.39 is 0 Å². The van der Waals surface area contributed by atoms with Crippen molar-refractivity contribution < 1.29 is 0 Å². The number of likely N-dealkylation sites (tertiary alicyclic amines) is 1. The van der Waals surface area contributed by atoms with E-state index in [1.165, 1.54) is 24.9 Å². The first-order valence-electron chi connectivity index (χ1n) is 7.61. The van der Waals surface area contributed by atoms with Gasteiger partial charge in [0.25, 0.3) is 0 Å². The average molecular weight is 274 g/mol. The van der Waals surface area contributed by atoms with Crippen LogP contribution in [0.4, 0.5) is 0 Å². The van der Waals surface area contributed by atoms with E-state index in [-0.39, 0.29) is 0 Å². The molecule has 0 bridgehead atoms. The van der Waals surface area contributed by atoms with Crippen molar-refractivity contribution in [1.82, 2.24) is 10.2 Å². The Kier molecular flexibility index (Phi) is 5.87. The summed E-state index contributed by atoms with van der Waals surface area (Å²) in [6.45, 7) is 6.18. The predicted molar refractivity (Wildman–Crippen MR) is 84.9 cm³/mol. The zero-order valence-corrected chi connectivity index (χ0v) is 12.4. The van der Waals surface area contributed by atoms with E-state index in [1.807, 2.05) is 6.07 Å². The Morgan fingerprint density at radius 1 is 1.40 bits per heavy atom. The second kappa shape index (κ2) is 7.90. The third kappa shape index (κ3) is 4.53. The summed E-state index contributed by atoms with van der Waals surface area (Å²) in [5.74, 6) is 0.573. The molecule has 1 unspecified atom stereocenters. The maximum Gasteiger partial charge on any atom is 0.188 e. The van der Waals surface area contributed by atoms with E-state index in [2.05, 4.69) is 46.4 Å². The fourth-order valence-corrected chi connectivity index (χ4v) is 2.76. The summed E-state index contributed by atoms with van der Waals surface area (Å²) < 4.78 is 0. The number of nitrogens with zero attached hydrogens (tertiary/aromatic N) is 2. The normalized spacial score (nSPS) is 20.2. The van der Waals surface area contributed by atoms with Crippen molar-refractivity contribution in [1.29, 1.82) is 0 Å². The van der Waals surface area contributed by atoms with E-state index in [9.17, 15) is 0 Å². The van der Waals surface area contributed by atoms with Crippen LogP contribution in [0.3, 0.4) is 0 Å². The van der Waals surface area contributed by atoms with E-state index in [4.69, 9.17) is 5.73 Å². The number of rotatable bonds is 6. The fraction of sp³-hybridized carbons (Fsp3) is 0.562. The highest BCUT2D eigenvalue weighted by Gasteiger charge is 2.22. The summed E-state index contributed by atoms with van der Waals surface area (Å²) in [7, 11) is 0. The van der Waals surface area contributed by atoms with E-state index in [0.717, 1.165) is 26.1 Å². The molecule has 1 heterocycles. The lowest BCUT2D eigenvalue weighted by molar-refractivity contribution is 0.273. The van der Waals surface area contributed by atoms with Gasteiger partial charge in [-0.1, -0.05) is 37.3 Å². The highest BCUT2D eigenvalue weighted by atomic mass is 15.2. The van der Waals surface area contributed by atoms with Crippen LogP contribution in [0, 0.1) is 0 Å². The smallest absolute Gasteiger partial charge is 0.188 e. The van der Waals surface area contributed by atoms with Crippen LogP contribution in [0.2, 0.25) is 0 Å². The number of nitrogens with two attached hydrogens (primary N) is 1. The molecule has 0 radical (unpaired) electrons. The van der Waals surface area contributed by atoms with Crippen molar-refractivity contribution in [2.24, 2.45) is 10.7 Å². The van der Waals surface area contributed by atoms with Gasteiger partial charge in [-0.25, -0.2) is 0 Å². The number of hydrogen-bond donors (Lipinski definition) is 2. The van der Waals surface area contributed by atoms with Crippen LogP contribution >= 0.6 is 0 Å². The molecule has 0 aromatic heterocycles. The molecule has 0 aliphatic carbocycles. The minimum atomic E-state index is 0.573. The van der Waals surface area contributed by atoms with Crippen molar-refractivity contribution in [2.45, 2.75) is 32.2 Å². The topological polar surface area (TPSA) is 53.6 Å². The third-order valence-corrected chi connectivity index (χ3v) is 3.94. The Hall–Kier alpha value is -1.55. The van der Waals surface area contributed by atoms with Crippen LogP contribution in [0.5, 0.6) is 0 Å². The Balaban J connectivity index is 1.69. The number of aliphatic imine (C=N–C) groups is 1. The molecular formula is C16H26N4. The summed E-state index contributed by atoms with van der Waals surface area (Å²) in [5.41, 5.74) is 7.24. The monoisotopic (exact) mass is 274 g/mol. The average Bonchev–Trinajstić information content (AvgIpc) is 2.94. The predicted octanol–water partition coefficient (Wildman–Crippen LogP) is 1.62. The molecule has 110 valence electrons. The van der Waals surface area contributed by atoms with Gasteiger partial charge < -0.3 is 11.1 Å². The van der Waals surface area contributed by atoms with Gasteiger partial charge >= 0.3 is 0 Å². The second-order valence-electron chi connectivity index (χ2n) is 5.31. The Morgan fingerprint density at radius 2 is 2.20 bits per heavy atom. The molecule has 1 aliphatic heterocycles. The molecule has 2 rings (SSSR count). The van der Waals surface area contributed by atoms with Gasteiger partial charge in [0, 0.05) is 12.6 Å². The summed E-state index contributed by atoms with van der Waals surface area (Å²) in [5, 5.41) is 3.20. The van der Waals surface area contributed by atoms with Gasteiger partial charge in [0.1, 0.15) is 0 Å².